The number of nitrogens with one attached hydrogen (secondary N) is 4. The number of aliphatic carboxylic acids is 1. The van der Waals surface area contributed by atoms with Crippen LogP contribution in [0, 0.1) is 6.92 Å². The number of carboxylic acid groups (broad SMARTS) is 1. The molecule has 3 aromatic rings. The Bertz CT molecular complexity index is 3350. The molecule has 4 aliphatic rings. The van der Waals surface area contributed by atoms with Crippen molar-refractivity contribution >= 4 is 66.9 Å². The van der Waals surface area contributed by atoms with Gasteiger partial charge in [-0.25, -0.2) is 0 Å². The number of aryl methyl sites for hydroxylation is 1. The highest BCUT2D eigenvalue weighted by Gasteiger charge is 2.47. The van der Waals surface area contributed by atoms with Gasteiger partial charge in [-0.3, -0.25) is 33.1 Å². The van der Waals surface area contributed by atoms with Crippen LogP contribution in [0.4, 0.5) is 11.4 Å². The maximum Gasteiger partial charge on any atom is 0.303 e. The van der Waals surface area contributed by atoms with Gasteiger partial charge < -0.3 is 36.0 Å². The summed E-state index contributed by atoms with van der Waals surface area (Å²) < 4.78 is 78.7. The molecule has 0 saturated heterocycles. The second-order valence-electron chi connectivity index (χ2n) is 22.7. The zero-order chi connectivity index (χ0) is 60.8. The topological polar surface area (TPSA) is 278 Å². The summed E-state index contributed by atoms with van der Waals surface area (Å²) in [4.78, 5) is 65.6. The lowest BCUT2D eigenvalue weighted by molar-refractivity contribution is -0.438. The number of nitrogens with zero attached hydrogens (tertiary/aromatic N) is 2. The monoisotopic (exact) mass is 1200 g/mol. The Hall–Kier alpha value is -6.94. The highest BCUT2D eigenvalue weighted by molar-refractivity contribution is 7.86. The van der Waals surface area contributed by atoms with Crippen LogP contribution in [-0.2, 0) is 55.0 Å². The molecule has 0 aromatic heterocycles. The van der Waals surface area contributed by atoms with Gasteiger partial charge in [0.25, 0.3) is 20.2 Å². The average molecular weight is 1200 g/mol. The fourth-order valence-corrected chi connectivity index (χ4v) is 12.7. The molecular weight excluding hydrogens is 1110 g/mol. The van der Waals surface area contributed by atoms with Gasteiger partial charge in [0.15, 0.2) is 5.71 Å². The first kappa shape index (κ1) is 64.6. The average Bonchev–Trinajstić information content (AvgIpc) is 2.10. The van der Waals surface area contributed by atoms with E-state index in [4.69, 9.17) is 9.84 Å². The second kappa shape index (κ2) is 28.8. The molecule has 3 aromatic carbocycles. The molecule has 7 N–H and O–H groups in total. The van der Waals surface area contributed by atoms with E-state index in [1.807, 2.05) is 26.0 Å². The number of unbranched alkanes of at least 4 members (excludes halogenated alkanes) is 2. The van der Waals surface area contributed by atoms with Gasteiger partial charge in [-0.05, 0) is 175 Å². The van der Waals surface area contributed by atoms with Crippen LogP contribution in [0.1, 0.15) is 160 Å². The zero-order valence-corrected chi connectivity index (χ0v) is 50.7. The number of carboxylic acids is 1. The first-order chi connectivity index (χ1) is 40.0. The lowest BCUT2D eigenvalue weighted by Gasteiger charge is -2.30. The SMILES string of the molecule is CCC1(C)C2=[N+](CCCCCC(=O)NCC(=O)NCCC(C(=O)NCCCCCC(=O)O)NC(=O)CCCCCN3/C(=C/C=C4\CCCC(=C4Oc4ccc(S(=O)(=O)O)cc4)/C=C/2)C(C)(CC)c2cc(S(=O)(=O)O)ccc23)c2ccc(C)cc21. The number of ether oxygens (including phenoxy) is 1. The van der Waals surface area contributed by atoms with Gasteiger partial charge in [-0.2, -0.15) is 21.4 Å². The first-order valence-electron chi connectivity index (χ1n) is 29.5. The van der Waals surface area contributed by atoms with Gasteiger partial charge in [0, 0.05) is 79.8 Å². The Morgan fingerprint density at radius 3 is 2.14 bits per heavy atom. The van der Waals surface area contributed by atoms with Crippen LogP contribution >= 0.6 is 0 Å². The standard InChI is InChI=1S/C63H82N6O13S2/c1-6-62(4)49-40-43(3)23-31-52(49)68-38-15-9-11-20-56(70)66-42-58(72)64-37-35-51(61(75)65-36-14-8-13-22-59(73)74)67-57(71)21-12-10-16-39-69-53-32-30-48(84(79,80)81)41-50(53)63(5,7-2)55(69)34-25-45-19-17-18-44(24-33-54(62)68)60(45)82-46-26-28-47(29-27-46)83(76,77)78/h23-34,40-41,51H,6-22,35-39,42H2,1-5H3,(H6-,64,65,66,67,70,71,72,73,74,75,76,77,78,79,80,81)/p+1. The third-order valence-corrected chi connectivity index (χ3v) is 18.5. The molecule has 454 valence electrons. The number of rotatable bonds is 13. The van der Waals surface area contributed by atoms with E-state index in [0.717, 1.165) is 70.7 Å². The Morgan fingerprint density at radius 1 is 0.738 bits per heavy atom. The summed E-state index contributed by atoms with van der Waals surface area (Å²) in [6.07, 6.45) is 17.5. The quantitative estimate of drug-likeness (QED) is 0.0477. The molecule has 7 rings (SSSR count). The van der Waals surface area contributed by atoms with Crippen LogP contribution in [0.5, 0.6) is 5.75 Å². The van der Waals surface area contributed by atoms with E-state index in [1.165, 1.54) is 42.0 Å². The fraction of sp³-hybridized carbons (Fsp3) is 0.492. The summed E-state index contributed by atoms with van der Waals surface area (Å²) in [5, 5.41) is 20.1. The largest absolute Gasteiger partial charge is 0.481 e. The third kappa shape index (κ3) is 16.3. The Balaban J connectivity index is 1.27. The molecule has 1 aliphatic carbocycles. The summed E-state index contributed by atoms with van der Waals surface area (Å²) in [5.74, 6) is -1.47. The van der Waals surface area contributed by atoms with Gasteiger partial charge in [0.05, 0.1) is 21.8 Å². The maximum absolute atomic E-state index is 13.5. The number of hydrogen-bond acceptors (Lipinski definition) is 11. The van der Waals surface area contributed by atoms with E-state index >= 15 is 0 Å². The number of anilines is 1. The van der Waals surface area contributed by atoms with Crippen molar-refractivity contribution in [3.8, 4) is 5.75 Å². The van der Waals surface area contributed by atoms with Gasteiger partial charge in [-0.1, -0.05) is 44.4 Å². The number of hydrogen-bond donors (Lipinski definition) is 7. The Kier molecular flexibility index (Phi) is 22.1. The molecule has 2 bridgehead atoms. The lowest BCUT2D eigenvalue weighted by Crippen LogP contribution is -2.48. The van der Waals surface area contributed by atoms with Gasteiger partial charge in [-0.15, -0.1) is 0 Å². The van der Waals surface area contributed by atoms with Crippen molar-refractivity contribution in [3.05, 3.63) is 124 Å². The van der Waals surface area contributed by atoms with E-state index in [0.29, 0.717) is 88.8 Å². The van der Waals surface area contributed by atoms with Crippen LogP contribution in [0.3, 0.4) is 0 Å². The molecule has 19 nitrogen and oxygen atoms in total. The summed E-state index contributed by atoms with van der Waals surface area (Å²) >= 11 is 0. The Labute approximate surface area is 494 Å². The molecule has 4 amide bonds. The number of carbonyl (C=O) groups is 5. The molecule has 0 radical (unpaired) electrons. The summed E-state index contributed by atoms with van der Waals surface area (Å²) in [7, 11) is -9.05. The van der Waals surface area contributed by atoms with Crippen molar-refractivity contribution in [2.24, 2.45) is 0 Å². The smallest absolute Gasteiger partial charge is 0.303 e. The highest BCUT2D eigenvalue weighted by Crippen LogP contribution is 2.51. The normalized spacial score (nSPS) is 23.6. The second-order valence-corrected chi connectivity index (χ2v) is 25.6. The van der Waals surface area contributed by atoms with Crippen molar-refractivity contribution in [2.75, 3.05) is 37.6 Å². The van der Waals surface area contributed by atoms with Gasteiger partial charge >= 0.3 is 5.97 Å². The molecule has 21 heteroatoms. The minimum absolute atomic E-state index is 0.0231. The molecule has 84 heavy (non-hydrogen) atoms. The number of amides is 4. The highest BCUT2D eigenvalue weighted by atomic mass is 32.2. The van der Waals surface area contributed by atoms with Crippen molar-refractivity contribution in [3.63, 3.8) is 0 Å². The molecule has 3 unspecified atom stereocenters. The fourth-order valence-electron chi connectivity index (χ4n) is 11.7. The van der Waals surface area contributed by atoms with Gasteiger partial charge in [0.1, 0.15) is 24.1 Å². The van der Waals surface area contributed by atoms with E-state index in [9.17, 15) is 49.9 Å². The molecule has 0 saturated carbocycles. The molecule has 0 spiro atoms. The van der Waals surface area contributed by atoms with E-state index in [2.05, 4.69) is 81.9 Å². The Morgan fingerprint density at radius 2 is 1.44 bits per heavy atom. The van der Waals surface area contributed by atoms with Crippen LogP contribution in [0.15, 0.2) is 117 Å². The molecule has 0 fully saturated rings. The first-order valence-corrected chi connectivity index (χ1v) is 32.4. The van der Waals surface area contributed by atoms with Gasteiger partial charge in [0.2, 0.25) is 29.3 Å². The van der Waals surface area contributed by atoms with E-state index in [-0.39, 0.29) is 72.3 Å². The predicted molar refractivity (Wildman–Crippen MR) is 322 cm³/mol. The lowest BCUT2D eigenvalue weighted by atomic mass is 9.76. The molecule has 3 aliphatic heterocycles. The summed E-state index contributed by atoms with van der Waals surface area (Å²) in [5.41, 5.74) is 7.60. The zero-order valence-electron chi connectivity index (χ0n) is 49.1. The number of fused-ring (bicyclic) bond motifs is 6. The minimum Gasteiger partial charge on any atom is -0.481 e. The van der Waals surface area contributed by atoms with E-state index < -0.39 is 49.5 Å². The van der Waals surface area contributed by atoms with Crippen LogP contribution in [-0.4, -0.2) is 110 Å². The molecule has 3 heterocycles. The van der Waals surface area contributed by atoms with Crippen molar-refractivity contribution in [1.82, 2.24) is 21.3 Å². The third-order valence-electron chi connectivity index (χ3n) is 16.8. The molecule has 3 atom stereocenters. The maximum atomic E-state index is 13.5. The predicted octanol–water partition coefficient (Wildman–Crippen LogP) is 9.33. The molecular formula is C63H83N6O13S2+. The van der Waals surface area contributed by atoms with Crippen molar-refractivity contribution in [1.29, 1.82) is 0 Å². The van der Waals surface area contributed by atoms with Crippen molar-refractivity contribution < 1.29 is 64.3 Å². The van der Waals surface area contributed by atoms with E-state index in [1.54, 1.807) is 6.07 Å². The number of allylic oxidation sites excluding steroid dienone is 7. The number of benzene rings is 3. The minimum atomic E-state index is -4.56. The summed E-state index contributed by atoms with van der Waals surface area (Å²) in [6.45, 7) is 11.8. The summed E-state index contributed by atoms with van der Waals surface area (Å²) in [6, 6.07) is 15.8. The van der Waals surface area contributed by atoms with Crippen LogP contribution in [0.25, 0.3) is 0 Å². The van der Waals surface area contributed by atoms with Crippen LogP contribution < -0.4 is 30.9 Å². The van der Waals surface area contributed by atoms with Crippen LogP contribution in [0.2, 0.25) is 0 Å². The van der Waals surface area contributed by atoms with Crippen molar-refractivity contribution in [2.45, 2.75) is 177 Å². The number of carbonyl (C=O) groups excluding carboxylic acids is 4.